The third-order valence-electron chi connectivity index (χ3n) is 8.08. The number of aryl methyl sites for hydroxylation is 1. The second kappa shape index (κ2) is 17.6. The number of nitrogens with zero attached hydrogens (tertiary/aromatic N) is 2. The molecule has 1 N–H and O–H groups in total. The van der Waals surface area contributed by atoms with Crippen molar-refractivity contribution in [3.05, 3.63) is 94.8 Å². The molecule has 0 saturated heterocycles. The molecule has 0 fully saturated rings. The summed E-state index contributed by atoms with van der Waals surface area (Å²) in [7, 11) is -4.65. The van der Waals surface area contributed by atoms with Gasteiger partial charge in [-0.2, -0.15) is 8.42 Å². The van der Waals surface area contributed by atoms with E-state index in [9.17, 15) is 22.8 Å². The van der Waals surface area contributed by atoms with Crippen LogP contribution in [-0.4, -0.2) is 63.3 Å². The molecule has 0 aliphatic heterocycles. The quantitative estimate of drug-likeness (QED) is 0.141. The van der Waals surface area contributed by atoms with Crippen molar-refractivity contribution in [3.63, 3.8) is 0 Å². The zero-order valence-corrected chi connectivity index (χ0v) is 31.1. The molecule has 14 heteroatoms. The van der Waals surface area contributed by atoms with Crippen molar-refractivity contribution < 1.29 is 48.9 Å². The number of esters is 1. The highest BCUT2D eigenvalue weighted by Crippen LogP contribution is 2.41. The van der Waals surface area contributed by atoms with Gasteiger partial charge in [-0.1, -0.05) is 74.5 Å². The maximum Gasteiger partial charge on any atom is 0.422 e. The number of rotatable bonds is 14. The second-order valence-electron chi connectivity index (χ2n) is 13.7. The lowest BCUT2D eigenvalue weighted by Crippen LogP contribution is -2.48. The Hall–Kier alpha value is -4.85. The van der Waals surface area contributed by atoms with Gasteiger partial charge in [0.2, 0.25) is 0 Å². The average Bonchev–Trinajstić information content (AvgIpc) is 3.10. The number of halogens is 1. The third kappa shape index (κ3) is 11.1. The molecule has 0 bridgehead atoms. The Morgan fingerprint density at radius 3 is 2.21 bits per heavy atom. The maximum absolute atomic E-state index is 17.4. The minimum absolute atomic E-state index is 0.0157. The Bertz CT molecular complexity index is 1890. The van der Waals surface area contributed by atoms with Crippen LogP contribution in [0.15, 0.2) is 66.7 Å². The molecular formula is C38H48FN3O9S. The van der Waals surface area contributed by atoms with Gasteiger partial charge < -0.3 is 23.8 Å². The van der Waals surface area contributed by atoms with Gasteiger partial charge in [-0.05, 0) is 80.7 Å². The highest BCUT2D eigenvalue weighted by molar-refractivity contribution is 7.91. The summed E-state index contributed by atoms with van der Waals surface area (Å²) in [5.41, 5.74) is -0.370. The van der Waals surface area contributed by atoms with Crippen molar-refractivity contribution in [1.82, 2.24) is 9.62 Å². The van der Waals surface area contributed by atoms with Crippen LogP contribution in [0.1, 0.15) is 72.5 Å². The van der Waals surface area contributed by atoms with E-state index in [1.54, 1.807) is 35.1 Å². The molecule has 0 unspecified atom stereocenters. The van der Waals surface area contributed by atoms with Crippen LogP contribution in [0.2, 0.25) is 0 Å². The fourth-order valence-electron chi connectivity index (χ4n) is 5.55. The van der Waals surface area contributed by atoms with Crippen LogP contribution in [0.3, 0.4) is 0 Å². The van der Waals surface area contributed by atoms with Crippen LogP contribution >= 0.6 is 0 Å². The van der Waals surface area contributed by atoms with Crippen molar-refractivity contribution in [1.29, 1.82) is 0 Å². The SMILES string of the molecule is [2H]C([2H])(C(=O)OC)N(c1c(OCc2ccccc2)cc2c(c1F)C[C@H](N(CCC(C)C)C(=O)OCc1ccccc1)CC2)S(=O)(=O)NC(=O)OC(C)(C)C. The summed E-state index contributed by atoms with van der Waals surface area (Å²) in [5.74, 6) is -3.14. The molecule has 1 atom stereocenters. The molecule has 0 heterocycles. The highest BCUT2D eigenvalue weighted by atomic mass is 32.2. The molecule has 0 saturated carbocycles. The van der Waals surface area contributed by atoms with E-state index in [1.807, 2.05) is 44.2 Å². The van der Waals surface area contributed by atoms with Gasteiger partial charge in [0.1, 0.15) is 36.7 Å². The lowest BCUT2D eigenvalue weighted by atomic mass is 9.86. The van der Waals surface area contributed by atoms with Crippen LogP contribution in [0, 0.1) is 11.7 Å². The van der Waals surface area contributed by atoms with Crippen molar-refractivity contribution in [2.24, 2.45) is 5.92 Å². The van der Waals surface area contributed by atoms with Gasteiger partial charge in [0.25, 0.3) is 0 Å². The van der Waals surface area contributed by atoms with Crippen LogP contribution in [0.4, 0.5) is 19.7 Å². The Kier molecular flexibility index (Phi) is 12.5. The molecule has 1 aliphatic carbocycles. The first-order valence-electron chi connectivity index (χ1n) is 18.0. The summed E-state index contributed by atoms with van der Waals surface area (Å²) >= 11 is 0. The number of fused-ring (bicyclic) bond motifs is 1. The van der Waals surface area contributed by atoms with Crippen molar-refractivity contribution in [2.45, 2.75) is 85.2 Å². The van der Waals surface area contributed by atoms with Gasteiger partial charge in [0.15, 0.2) is 5.82 Å². The first kappa shape index (κ1) is 36.9. The summed E-state index contributed by atoms with van der Waals surface area (Å²) in [6, 6.07) is 18.6. The normalized spacial score (nSPS) is 15.0. The number of hydrogen-bond donors (Lipinski definition) is 1. The van der Waals surface area contributed by atoms with E-state index in [0.29, 0.717) is 30.5 Å². The highest BCUT2D eigenvalue weighted by Gasteiger charge is 2.38. The van der Waals surface area contributed by atoms with Crippen LogP contribution in [-0.2, 0) is 55.3 Å². The topological polar surface area (TPSA) is 141 Å². The number of benzene rings is 3. The average molecular weight is 744 g/mol. The summed E-state index contributed by atoms with van der Waals surface area (Å²) in [6.07, 6.45) is -0.979. The number of methoxy groups -OCH3 is 1. The number of ether oxygens (including phenoxy) is 4. The van der Waals surface area contributed by atoms with Gasteiger partial charge in [-0.15, -0.1) is 0 Å². The lowest BCUT2D eigenvalue weighted by Gasteiger charge is -2.36. The number of hydrogen-bond acceptors (Lipinski definition) is 9. The fraction of sp³-hybridized carbons (Fsp3) is 0.447. The van der Waals surface area contributed by atoms with Crippen LogP contribution in [0.25, 0.3) is 0 Å². The Balaban J connectivity index is 1.84. The van der Waals surface area contributed by atoms with Gasteiger partial charge in [0, 0.05) is 12.6 Å². The number of nitrogens with one attached hydrogen (secondary N) is 1. The van der Waals surface area contributed by atoms with Gasteiger partial charge >= 0.3 is 28.4 Å². The van der Waals surface area contributed by atoms with Crippen molar-refractivity contribution >= 4 is 34.1 Å². The molecule has 0 radical (unpaired) electrons. The molecule has 282 valence electrons. The van der Waals surface area contributed by atoms with Gasteiger partial charge in [-0.3, -0.25) is 4.79 Å². The minimum atomic E-state index is -5.48. The van der Waals surface area contributed by atoms with Crippen molar-refractivity contribution in [3.8, 4) is 5.75 Å². The van der Waals surface area contributed by atoms with E-state index in [4.69, 9.17) is 17.0 Å². The van der Waals surface area contributed by atoms with Gasteiger partial charge in [-0.25, -0.2) is 23.0 Å². The predicted molar refractivity (Wildman–Crippen MR) is 193 cm³/mol. The lowest BCUT2D eigenvalue weighted by molar-refractivity contribution is -0.138. The molecule has 52 heavy (non-hydrogen) atoms. The van der Waals surface area contributed by atoms with E-state index in [0.717, 1.165) is 12.7 Å². The molecule has 3 aromatic rings. The minimum Gasteiger partial charge on any atom is -0.487 e. The largest absolute Gasteiger partial charge is 0.487 e. The monoisotopic (exact) mass is 743 g/mol. The Morgan fingerprint density at radius 2 is 1.63 bits per heavy atom. The van der Waals surface area contributed by atoms with Crippen LogP contribution in [0.5, 0.6) is 5.75 Å². The number of amides is 2. The molecule has 0 spiro atoms. The summed E-state index contributed by atoms with van der Waals surface area (Å²) < 4.78 is 85.5. The Morgan fingerprint density at radius 1 is 1.02 bits per heavy atom. The Labute approximate surface area is 308 Å². The van der Waals surface area contributed by atoms with E-state index < -0.39 is 63.8 Å². The molecule has 2 amide bonds. The molecular weight excluding hydrogens is 693 g/mol. The van der Waals surface area contributed by atoms with Crippen molar-refractivity contribution in [2.75, 3.05) is 24.5 Å². The molecule has 0 aromatic heterocycles. The predicted octanol–water partition coefficient (Wildman–Crippen LogP) is 6.70. The zero-order chi connectivity index (χ0) is 39.8. The second-order valence-corrected chi connectivity index (χ2v) is 15.3. The molecule has 1 aliphatic rings. The number of carbonyl (C=O) groups is 3. The van der Waals surface area contributed by atoms with E-state index in [-0.39, 0.29) is 41.8 Å². The fourth-order valence-corrected chi connectivity index (χ4v) is 6.50. The zero-order valence-electron chi connectivity index (χ0n) is 32.3. The maximum atomic E-state index is 17.4. The third-order valence-corrected chi connectivity index (χ3v) is 9.26. The molecule has 4 rings (SSSR count). The van der Waals surface area contributed by atoms with E-state index >= 15 is 4.39 Å². The first-order chi connectivity index (χ1) is 25.3. The summed E-state index contributed by atoms with van der Waals surface area (Å²) in [5, 5.41) is 0. The first-order valence-corrected chi connectivity index (χ1v) is 18.4. The molecule has 12 nitrogen and oxygen atoms in total. The van der Waals surface area contributed by atoms with Crippen LogP contribution < -0.4 is 13.8 Å². The number of anilines is 1. The summed E-state index contributed by atoms with van der Waals surface area (Å²) in [4.78, 5) is 40.8. The summed E-state index contributed by atoms with van der Waals surface area (Å²) in [6.45, 7) is 4.92. The van der Waals surface area contributed by atoms with E-state index in [1.165, 1.54) is 31.7 Å². The number of carbonyl (C=O) groups excluding carboxylic acids is 3. The standard InChI is InChI=1S/C38H48FN3O9S/c1-26(2)19-20-41(37(45)50-25-28-15-11-8-12-16-28)30-18-17-29-21-32(49-24-27-13-9-7-10-14-27)35(34(39)31(29)22-30)42(23-33(43)48-6)52(46,47)40-36(44)51-38(3,4)5/h7-16,21,26,30H,17-20,22-25H2,1-6H3,(H,40,44)/t30-/m1/s1/i23D2. The molecule has 3 aromatic carbocycles. The van der Waals surface area contributed by atoms with Gasteiger partial charge in [0.05, 0.1) is 9.85 Å². The smallest absolute Gasteiger partial charge is 0.422 e. The van der Waals surface area contributed by atoms with E-state index in [2.05, 4.69) is 4.74 Å².